The first-order valence-corrected chi connectivity index (χ1v) is 9.45. The summed E-state index contributed by atoms with van der Waals surface area (Å²) in [6.45, 7) is 1.93. The summed E-state index contributed by atoms with van der Waals surface area (Å²) in [5.74, 6) is -0.222. The molecular weight excluding hydrogens is 306 g/mol. The molecule has 0 unspecified atom stereocenters. The molecule has 1 heterocycles. The number of carbonyl (C=O) groups is 1. The zero-order valence-corrected chi connectivity index (χ0v) is 13.3. The van der Waals surface area contributed by atoms with E-state index in [1.165, 1.54) is 0 Å². The second-order valence-corrected chi connectivity index (χ2v) is 7.55. The molecule has 0 aliphatic rings. The van der Waals surface area contributed by atoms with Gasteiger partial charge in [0.1, 0.15) is 9.77 Å². The Labute approximate surface area is 121 Å². The molecule has 0 atom stereocenters. The van der Waals surface area contributed by atoms with Crippen molar-refractivity contribution in [2.45, 2.75) is 24.7 Å². The molecule has 1 aromatic rings. The smallest absolute Gasteiger partial charge is 0.347 e. The molecule has 0 bridgehead atoms. The fraction of sp³-hybridized carbons (Fsp3) is 0.545. The number of sulfonamides is 1. The maximum absolute atomic E-state index is 12.1. The van der Waals surface area contributed by atoms with Gasteiger partial charge in [0.2, 0.25) is 10.0 Å². The highest BCUT2D eigenvalue weighted by Crippen LogP contribution is 2.26. The van der Waals surface area contributed by atoms with Crippen molar-refractivity contribution < 1.29 is 18.3 Å². The lowest BCUT2D eigenvalue weighted by atomic mass is 10.3. The molecule has 0 radical (unpaired) electrons. The van der Waals surface area contributed by atoms with E-state index in [1.54, 1.807) is 24.1 Å². The molecule has 108 valence electrons. The molecule has 8 heteroatoms. The van der Waals surface area contributed by atoms with Crippen LogP contribution in [0.3, 0.4) is 0 Å². The van der Waals surface area contributed by atoms with E-state index in [0.717, 1.165) is 29.9 Å². The van der Waals surface area contributed by atoms with Crippen LogP contribution in [-0.4, -0.2) is 38.0 Å². The van der Waals surface area contributed by atoms with Crippen LogP contribution in [0.25, 0.3) is 0 Å². The van der Waals surface area contributed by atoms with Crippen molar-refractivity contribution in [1.82, 2.24) is 4.72 Å². The molecule has 0 fully saturated rings. The monoisotopic (exact) mass is 323 g/mol. The second kappa shape index (κ2) is 7.28. The lowest BCUT2D eigenvalue weighted by Crippen LogP contribution is -2.26. The average molecular weight is 323 g/mol. The number of thiophene rings is 1. The van der Waals surface area contributed by atoms with Gasteiger partial charge in [-0.25, -0.2) is 17.9 Å². The molecule has 0 aromatic carbocycles. The van der Waals surface area contributed by atoms with Crippen LogP contribution < -0.4 is 4.72 Å². The minimum Gasteiger partial charge on any atom is -0.477 e. The molecule has 0 aliphatic carbocycles. The van der Waals surface area contributed by atoms with E-state index in [9.17, 15) is 13.2 Å². The van der Waals surface area contributed by atoms with Crippen LogP contribution in [0.5, 0.6) is 0 Å². The highest BCUT2D eigenvalue weighted by atomic mass is 32.2. The third-order valence-electron chi connectivity index (χ3n) is 2.45. The summed E-state index contributed by atoms with van der Waals surface area (Å²) in [4.78, 5) is 10.8. The first kappa shape index (κ1) is 16.5. The second-order valence-electron chi connectivity index (χ2n) is 3.98. The predicted molar refractivity (Wildman–Crippen MR) is 78.8 cm³/mol. The molecule has 0 amide bonds. The van der Waals surface area contributed by atoms with E-state index in [1.807, 2.05) is 6.26 Å². The summed E-state index contributed by atoms with van der Waals surface area (Å²) in [6, 6.07) is 0. The van der Waals surface area contributed by atoms with Crippen molar-refractivity contribution in [3.05, 3.63) is 15.8 Å². The minimum absolute atomic E-state index is 0.102. The van der Waals surface area contributed by atoms with Gasteiger partial charge in [-0.15, -0.1) is 11.3 Å². The maximum Gasteiger partial charge on any atom is 0.347 e. The van der Waals surface area contributed by atoms with E-state index in [-0.39, 0.29) is 9.77 Å². The van der Waals surface area contributed by atoms with Gasteiger partial charge in [0.05, 0.1) is 0 Å². The standard InChI is InChI=1S/C11H17NO4S3/c1-8-7-18-9(11(13)14)10(8)19(15,16)12-5-3-4-6-17-2/h7,12H,3-6H2,1-2H3,(H,13,14). The fourth-order valence-electron chi connectivity index (χ4n) is 1.57. The average Bonchev–Trinajstić information content (AvgIpc) is 2.71. The third kappa shape index (κ3) is 4.48. The van der Waals surface area contributed by atoms with Gasteiger partial charge in [0.25, 0.3) is 0 Å². The zero-order valence-electron chi connectivity index (χ0n) is 10.8. The van der Waals surface area contributed by atoms with Crippen molar-refractivity contribution in [2.75, 3.05) is 18.6 Å². The number of hydrogen-bond acceptors (Lipinski definition) is 5. The van der Waals surface area contributed by atoms with Crippen LogP contribution in [0.15, 0.2) is 10.3 Å². The lowest BCUT2D eigenvalue weighted by Gasteiger charge is -2.07. The number of thioether (sulfide) groups is 1. The Bertz CT molecular complexity index is 536. The normalized spacial score (nSPS) is 11.7. The minimum atomic E-state index is -3.74. The number of carboxylic acids is 1. The van der Waals surface area contributed by atoms with Gasteiger partial charge in [-0.3, -0.25) is 0 Å². The third-order valence-corrected chi connectivity index (χ3v) is 6.01. The number of rotatable bonds is 8. The number of carboxylic acid groups (broad SMARTS) is 1. The van der Waals surface area contributed by atoms with Gasteiger partial charge in [-0.05, 0) is 42.7 Å². The molecule has 0 aliphatic heterocycles. The Kier molecular flexibility index (Phi) is 6.31. The Hall–Kier alpha value is -0.570. The van der Waals surface area contributed by atoms with Gasteiger partial charge < -0.3 is 5.11 Å². The molecule has 19 heavy (non-hydrogen) atoms. The quantitative estimate of drug-likeness (QED) is 0.716. The maximum atomic E-state index is 12.1. The number of unbranched alkanes of at least 4 members (excludes halogenated alkanes) is 1. The Balaban J connectivity index is 2.77. The number of nitrogens with one attached hydrogen (secondary N) is 1. The molecule has 1 aromatic heterocycles. The lowest BCUT2D eigenvalue weighted by molar-refractivity contribution is 0.0698. The van der Waals surface area contributed by atoms with Crippen LogP contribution in [-0.2, 0) is 10.0 Å². The molecule has 1 rings (SSSR count). The van der Waals surface area contributed by atoms with Crippen LogP contribution in [0.1, 0.15) is 28.1 Å². The summed E-state index contributed by atoms with van der Waals surface area (Å²) in [6.07, 6.45) is 3.67. The molecular formula is C11H17NO4S3. The Morgan fingerprint density at radius 1 is 1.47 bits per heavy atom. The van der Waals surface area contributed by atoms with Crippen LogP contribution in [0.4, 0.5) is 0 Å². The highest BCUT2D eigenvalue weighted by molar-refractivity contribution is 7.98. The van der Waals surface area contributed by atoms with Crippen LogP contribution in [0, 0.1) is 6.92 Å². The van der Waals surface area contributed by atoms with E-state index in [4.69, 9.17) is 5.11 Å². The Morgan fingerprint density at radius 2 is 2.16 bits per heavy atom. The van der Waals surface area contributed by atoms with Gasteiger partial charge >= 0.3 is 5.97 Å². The summed E-state index contributed by atoms with van der Waals surface area (Å²) in [5.41, 5.74) is 0.471. The molecule has 5 nitrogen and oxygen atoms in total. The summed E-state index contributed by atoms with van der Waals surface area (Å²) >= 11 is 2.65. The molecule has 0 saturated heterocycles. The zero-order chi connectivity index (χ0) is 14.5. The number of aryl methyl sites for hydroxylation is 1. The summed E-state index contributed by atoms with van der Waals surface area (Å²) < 4.78 is 26.7. The van der Waals surface area contributed by atoms with Crippen molar-refractivity contribution >= 4 is 39.1 Å². The molecule has 0 spiro atoms. The molecule has 2 N–H and O–H groups in total. The van der Waals surface area contributed by atoms with Crippen LogP contribution in [0.2, 0.25) is 0 Å². The first-order valence-electron chi connectivity index (χ1n) is 5.70. The fourth-order valence-corrected chi connectivity index (χ4v) is 4.76. The number of aromatic carboxylic acids is 1. The Morgan fingerprint density at radius 3 is 2.74 bits per heavy atom. The van der Waals surface area contributed by atoms with E-state index in [0.29, 0.717) is 12.1 Å². The predicted octanol–water partition coefficient (Wildman–Crippen LogP) is 2.18. The first-order chi connectivity index (χ1) is 8.90. The van der Waals surface area contributed by atoms with Crippen molar-refractivity contribution in [1.29, 1.82) is 0 Å². The van der Waals surface area contributed by atoms with Gasteiger partial charge in [0.15, 0.2) is 0 Å². The van der Waals surface area contributed by atoms with E-state index in [2.05, 4.69) is 4.72 Å². The SMILES string of the molecule is CSCCCCNS(=O)(=O)c1c(C)csc1C(=O)O. The summed E-state index contributed by atoms with van der Waals surface area (Å²) in [5, 5.41) is 10.5. The van der Waals surface area contributed by atoms with Gasteiger partial charge in [-0.2, -0.15) is 11.8 Å². The summed E-state index contributed by atoms with van der Waals surface area (Å²) in [7, 11) is -3.74. The van der Waals surface area contributed by atoms with E-state index >= 15 is 0 Å². The topological polar surface area (TPSA) is 83.5 Å². The molecule has 0 saturated carbocycles. The highest BCUT2D eigenvalue weighted by Gasteiger charge is 2.26. The van der Waals surface area contributed by atoms with Crippen LogP contribution >= 0.6 is 23.1 Å². The van der Waals surface area contributed by atoms with E-state index < -0.39 is 16.0 Å². The number of hydrogen-bond donors (Lipinski definition) is 2. The van der Waals surface area contributed by atoms with Gasteiger partial charge in [-0.1, -0.05) is 0 Å². The van der Waals surface area contributed by atoms with Crippen molar-refractivity contribution in [3.63, 3.8) is 0 Å². The van der Waals surface area contributed by atoms with Crippen molar-refractivity contribution in [3.8, 4) is 0 Å². The van der Waals surface area contributed by atoms with Gasteiger partial charge in [0, 0.05) is 6.54 Å². The largest absolute Gasteiger partial charge is 0.477 e. The van der Waals surface area contributed by atoms with Crippen molar-refractivity contribution in [2.24, 2.45) is 0 Å².